The van der Waals surface area contributed by atoms with Crippen LogP contribution in [0.1, 0.15) is 29.7 Å². The molecule has 7 nitrogen and oxygen atoms in total. The molecule has 0 fully saturated rings. The fourth-order valence-electron chi connectivity index (χ4n) is 4.10. The Morgan fingerprint density at radius 3 is 2.58 bits per heavy atom. The van der Waals surface area contributed by atoms with Crippen molar-refractivity contribution < 1.29 is 18.7 Å². The first-order valence-electron chi connectivity index (χ1n) is 11.4. The van der Waals surface area contributed by atoms with Gasteiger partial charge >= 0.3 is 5.97 Å². The Balaban J connectivity index is 1.51. The molecular formula is C27H22ClFN4O3. The maximum absolute atomic E-state index is 14.1. The molecule has 0 radical (unpaired) electrons. The van der Waals surface area contributed by atoms with Gasteiger partial charge in [0.2, 0.25) is 5.95 Å². The van der Waals surface area contributed by atoms with Gasteiger partial charge in [-0.05, 0) is 42.3 Å². The van der Waals surface area contributed by atoms with Crippen molar-refractivity contribution in [2.75, 3.05) is 11.9 Å². The predicted molar refractivity (Wildman–Crippen MR) is 134 cm³/mol. The third-order valence-electron chi connectivity index (χ3n) is 5.80. The van der Waals surface area contributed by atoms with E-state index in [0.717, 1.165) is 11.1 Å². The van der Waals surface area contributed by atoms with Crippen LogP contribution in [0.2, 0.25) is 5.02 Å². The van der Waals surface area contributed by atoms with Crippen LogP contribution in [0.15, 0.2) is 84.7 Å². The molecule has 1 unspecified atom stereocenters. The van der Waals surface area contributed by atoms with Gasteiger partial charge in [0, 0.05) is 5.56 Å². The van der Waals surface area contributed by atoms with Gasteiger partial charge in [0.1, 0.15) is 30.5 Å². The Hall–Kier alpha value is -4.17. The smallest absolute Gasteiger partial charge is 0.338 e. The predicted octanol–water partition coefficient (Wildman–Crippen LogP) is 5.64. The number of hydrogen-bond donors (Lipinski definition) is 1. The van der Waals surface area contributed by atoms with Crippen LogP contribution in [0.5, 0.6) is 5.75 Å². The van der Waals surface area contributed by atoms with E-state index in [1.807, 2.05) is 42.5 Å². The second-order valence-corrected chi connectivity index (χ2v) is 8.40. The van der Waals surface area contributed by atoms with Gasteiger partial charge in [-0.1, -0.05) is 60.1 Å². The minimum Gasteiger partial charge on any atom is -0.489 e. The number of halogens is 2. The number of benzene rings is 3. The number of nitrogens with one attached hydrogen (secondary N) is 1. The molecule has 1 atom stereocenters. The average molecular weight is 505 g/mol. The number of fused-ring (bicyclic) bond motifs is 1. The molecule has 0 amide bonds. The summed E-state index contributed by atoms with van der Waals surface area (Å²) >= 11 is 6.10. The summed E-state index contributed by atoms with van der Waals surface area (Å²) in [6.07, 6.45) is 1.43. The highest BCUT2D eigenvalue weighted by atomic mass is 35.5. The molecule has 1 aromatic heterocycles. The van der Waals surface area contributed by atoms with Crippen LogP contribution < -0.4 is 10.1 Å². The number of aromatic nitrogens is 3. The van der Waals surface area contributed by atoms with Crippen molar-refractivity contribution in [1.29, 1.82) is 0 Å². The highest BCUT2D eigenvalue weighted by Gasteiger charge is 2.36. The zero-order valence-corrected chi connectivity index (χ0v) is 20.1. The molecule has 0 bridgehead atoms. The molecule has 36 heavy (non-hydrogen) atoms. The Bertz CT molecular complexity index is 1400. The summed E-state index contributed by atoms with van der Waals surface area (Å²) in [5.74, 6) is 0.145. The van der Waals surface area contributed by atoms with E-state index < -0.39 is 17.8 Å². The largest absolute Gasteiger partial charge is 0.489 e. The van der Waals surface area contributed by atoms with Crippen LogP contribution in [0.3, 0.4) is 0 Å². The summed E-state index contributed by atoms with van der Waals surface area (Å²) in [6.45, 7) is 1.98. The highest BCUT2D eigenvalue weighted by molar-refractivity contribution is 6.31. The molecule has 0 spiro atoms. The van der Waals surface area contributed by atoms with E-state index in [9.17, 15) is 9.18 Å². The lowest BCUT2D eigenvalue weighted by Crippen LogP contribution is -2.30. The molecule has 0 aliphatic carbocycles. The zero-order valence-electron chi connectivity index (χ0n) is 19.3. The number of nitrogens with zero attached hydrogens (tertiary/aromatic N) is 3. The second-order valence-electron chi connectivity index (χ2n) is 7.99. The van der Waals surface area contributed by atoms with Gasteiger partial charge in [0.25, 0.3) is 0 Å². The first-order valence-corrected chi connectivity index (χ1v) is 11.7. The number of anilines is 1. The monoisotopic (exact) mass is 504 g/mol. The number of rotatable bonds is 7. The SMILES string of the molecule is CCOC(=O)C1=C(c2ccccc2)Nc2ncnn2C1c1ccc(OCc2c(F)cccc2Cl)cc1. The summed E-state index contributed by atoms with van der Waals surface area (Å²) < 4.78 is 27.0. The normalized spacial score (nSPS) is 14.7. The molecule has 0 saturated heterocycles. The van der Waals surface area contributed by atoms with Gasteiger partial charge in [0.15, 0.2) is 0 Å². The molecule has 4 aromatic rings. The topological polar surface area (TPSA) is 78.3 Å². The summed E-state index contributed by atoms with van der Waals surface area (Å²) in [6, 6.07) is 20.6. The Morgan fingerprint density at radius 2 is 1.86 bits per heavy atom. The van der Waals surface area contributed by atoms with E-state index in [2.05, 4.69) is 15.4 Å². The maximum Gasteiger partial charge on any atom is 0.338 e. The van der Waals surface area contributed by atoms with E-state index >= 15 is 0 Å². The van der Waals surface area contributed by atoms with Crippen LogP contribution in [0.4, 0.5) is 10.3 Å². The van der Waals surface area contributed by atoms with Crippen molar-refractivity contribution >= 4 is 29.2 Å². The van der Waals surface area contributed by atoms with E-state index in [4.69, 9.17) is 21.1 Å². The third-order valence-corrected chi connectivity index (χ3v) is 6.15. The molecular weight excluding hydrogens is 483 g/mol. The Labute approximate surface area is 212 Å². The zero-order chi connectivity index (χ0) is 25.1. The molecule has 0 saturated carbocycles. The van der Waals surface area contributed by atoms with Crippen molar-refractivity contribution in [3.63, 3.8) is 0 Å². The molecule has 1 aliphatic heterocycles. The van der Waals surface area contributed by atoms with E-state index in [0.29, 0.717) is 28.0 Å². The van der Waals surface area contributed by atoms with Gasteiger partial charge in [0.05, 0.1) is 22.9 Å². The van der Waals surface area contributed by atoms with E-state index in [1.165, 1.54) is 12.4 Å². The average Bonchev–Trinajstić information content (AvgIpc) is 3.37. The minimum atomic E-state index is -0.590. The summed E-state index contributed by atoms with van der Waals surface area (Å²) in [4.78, 5) is 17.6. The molecule has 182 valence electrons. The van der Waals surface area contributed by atoms with Crippen LogP contribution >= 0.6 is 11.6 Å². The van der Waals surface area contributed by atoms with E-state index in [-0.39, 0.29) is 18.8 Å². The van der Waals surface area contributed by atoms with Crippen LogP contribution in [-0.4, -0.2) is 27.3 Å². The lowest BCUT2D eigenvalue weighted by Gasteiger charge is -2.29. The number of carbonyl (C=O) groups is 1. The highest BCUT2D eigenvalue weighted by Crippen LogP contribution is 2.39. The summed E-state index contributed by atoms with van der Waals surface area (Å²) in [5, 5.41) is 7.91. The third kappa shape index (κ3) is 4.55. The molecule has 1 N–H and O–H groups in total. The number of carbonyl (C=O) groups excluding carboxylic acids is 1. The summed E-state index contributed by atoms with van der Waals surface area (Å²) in [5.41, 5.74) is 2.90. The number of esters is 1. The van der Waals surface area contributed by atoms with Gasteiger partial charge in [-0.15, -0.1) is 0 Å². The molecule has 3 aromatic carbocycles. The lowest BCUT2D eigenvalue weighted by molar-refractivity contribution is -0.138. The van der Waals surface area contributed by atoms with Gasteiger partial charge in [-0.3, -0.25) is 0 Å². The number of ether oxygens (including phenoxy) is 2. The van der Waals surface area contributed by atoms with Crippen molar-refractivity contribution in [2.24, 2.45) is 0 Å². The van der Waals surface area contributed by atoms with Crippen LogP contribution in [0, 0.1) is 5.82 Å². The van der Waals surface area contributed by atoms with Gasteiger partial charge < -0.3 is 14.8 Å². The molecule has 9 heteroatoms. The standard InChI is InChI=1S/C27H22ClFN4O3/c1-2-35-26(34)23-24(17-7-4-3-5-8-17)32-27-30-16-31-33(27)25(23)18-11-13-19(14-12-18)36-15-20-21(28)9-6-10-22(20)29/h3-14,16,25H,2,15H2,1H3,(H,30,31,32). The van der Waals surface area contributed by atoms with Gasteiger partial charge in [-0.25, -0.2) is 13.9 Å². The summed E-state index contributed by atoms with van der Waals surface area (Å²) in [7, 11) is 0. The molecule has 2 heterocycles. The first-order chi connectivity index (χ1) is 17.6. The Kier molecular flexibility index (Phi) is 6.69. The van der Waals surface area contributed by atoms with Crippen molar-refractivity contribution in [2.45, 2.75) is 19.6 Å². The first kappa shape index (κ1) is 23.6. The van der Waals surface area contributed by atoms with Crippen LogP contribution in [-0.2, 0) is 16.1 Å². The molecule has 5 rings (SSSR count). The van der Waals surface area contributed by atoms with Crippen molar-refractivity contribution in [3.8, 4) is 5.75 Å². The van der Waals surface area contributed by atoms with E-state index in [1.54, 1.807) is 35.9 Å². The van der Waals surface area contributed by atoms with Crippen molar-refractivity contribution in [1.82, 2.24) is 14.8 Å². The second kappa shape index (κ2) is 10.2. The fourth-order valence-corrected chi connectivity index (χ4v) is 4.32. The maximum atomic E-state index is 14.1. The van der Waals surface area contributed by atoms with Gasteiger partial charge in [-0.2, -0.15) is 10.1 Å². The Morgan fingerprint density at radius 1 is 1.08 bits per heavy atom. The lowest BCUT2D eigenvalue weighted by atomic mass is 9.93. The fraction of sp³-hybridized carbons (Fsp3) is 0.148. The van der Waals surface area contributed by atoms with Crippen molar-refractivity contribution in [3.05, 3.63) is 112 Å². The van der Waals surface area contributed by atoms with Crippen LogP contribution in [0.25, 0.3) is 5.70 Å². The quantitative estimate of drug-likeness (QED) is 0.328. The minimum absolute atomic E-state index is 0.0163. The number of hydrogen-bond acceptors (Lipinski definition) is 6. The molecule has 1 aliphatic rings.